The lowest BCUT2D eigenvalue weighted by atomic mass is 10.2. The number of aromatic nitrogens is 1. The largest absolute Gasteiger partial charge is 0.478 e. The summed E-state index contributed by atoms with van der Waals surface area (Å²) >= 11 is 2.57. The number of halogens is 4. The number of carboxylic acid groups (broad SMARTS) is 1. The first-order valence-electron chi connectivity index (χ1n) is 3.30. The van der Waals surface area contributed by atoms with Gasteiger partial charge in [-0.2, -0.15) is 0 Å². The number of carboxylic acids is 1. The molecule has 3 nitrogen and oxygen atoms in total. The van der Waals surface area contributed by atoms with Gasteiger partial charge in [0.05, 0.1) is 10.0 Å². The van der Waals surface area contributed by atoms with E-state index in [9.17, 15) is 18.0 Å². The van der Waals surface area contributed by atoms with Gasteiger partial charge in [-0.05, 0) is 15.9 Å². The summed E-state index contributed by atoms with van der Waals surface area (Å²) in [6, 6.07) is 0. The number of nitrogens with zero attached hydrogens (tertiary/aromatic N) is 1. The lowest BCUT2D eigenvalue weighted by molar-refractivity contribution is 0.0693. The van der Waals surface area contributed by atoms with E-state index in [-0.39, 0.29) is 0 Å². The Hall–Kier alpha value is -1.11. The summed E-state index contributed by atoms with van der Waals surface area (Å²) in [6.07, 6.45) is -2.40. The molecular formula is C7H3BrF3NO2. The van der Waals surface area contributed by atoms with Crippen molar-refractivity contribution in [1.29, 1.82) is 0 Å². The molecule has 1 N–H and O–H groups in total. The third kappa shape index (κ3) is 1.87. The number of alkyl halides is 2. The van der Waals surface area contributed by atoms with E-state index in [1.54, 1.807) is 0 Å². The molecule has 1 rings (SSSR count). The number of hydrogen-bond acceptors (Lipinski definition) is 2. The Morgan fingerprint density at radius 1 is 1.57 bits per heavy atom. The fourth-order valence-corrected chi connectivity index (χ4v) is 1.25. The highest BCUT2D eigenvalue weighted by Gasteiger charge is 2.22. The van der Waals surface area contributed by atoms with Gasteiger partial charge >= 0.3 is 5.97 Å². The summed E-state index contributed by atoms with van der Waals surface area (Å²) in [6.45, 7) is 0. The second kappa shape index (κ2) is 3.95. The van der Waals surface area contributed by atoms with Crippen LogP contribution in [0.2, 0.25) is 0 Å². The molecule has 0 bridgehead atoms. The molecule has 1 aromatic heterocycles. The van der Waals surface area contributed by atoms with Crippen LogP contribution in [0.15, 0.2) is 10.7 Å². The number of rotatable bonds is 2. The summed E-state index contributed by atoms with van der Waals surface area (Å²) in [5.41, 5.74) is -1.56. The molecule has 0 aliphatic heterocycles. The Bertz CT molecular complexity index is 383. The summed E-state index contributed by atoms with van der Waals surface area (Å²) in [5.74, 6) is -2.79. The summed E-state index contributed by atoms with van der Waals surface area (Å²) in [5, 5.41) is 8.50. The summed E-state index contributed by atoms with van der Waals surface area (Å²) < 4.78 is 36.6. The number of carbonyl (C=O) groups is 1. The van der Waals surface area contributed by atoms with Crippen LogP contribution in [0.3, 0.4) is 0 Å². The topological polar surface area (TPSA) is 50.2 Å². The van der Waals surface area contributed by atoms with E-state index in [1.807, 2.05) is 0 Å². The molecule has 0 fully saturated rings. The van der Waals surface area contributed by atoms with Gasteiger partial charge < -0.3 is 5.11 Å². The van der Waals surface area contributed by atoms with Crippen LogP contribution >= 0.6 is 15.9 Å². The number of pyridine rings is 1. The molecule has 0 saturated heterocycles. The Morgan fingerprint density at radius 3 is 2.57 bits per heavy atom. The van der Waals surface area contributed by atoms with Gasteiger partial charge in [0.1, 0.15) is 5.69 Å². The first kappa shape index (κ1) is 11.0. The highest BCUT2D eigenvalue weighted by molar-refractivity contribution is 9.10. The van der Waals surface area contributed by atoms with Crippen molar-refractivity contribution in [3.8, 4) is 0 Å². The molecule has 0 saturated carbocycles. The minimum Gasteiger partial charge on any atom is -0.478 e. The van der Waals surface area contributed by atoms with Crippen LogP contribution in [0.4, 0.5) is 13.2 Å². The number of aromatic carboxylic acids is 1. The fourth-order valence-electron chi connectivity index (χ4n) is 0.779. The third-order valence-corrected chi connectivity index (χ3v) is 2.20. The zero-order chi connectivity index (χ0) is 10.9. The van der Waals surface area contributed by atoms with Crippen molar-refractivity contribution in [1.82, 2.24) is 4.98 Å². The smallest absolute Gasteiger partial charge is 0.338 e. The maximum Gasteiger partial charge on any atom is 0.338 e. The van der Waals surface area contributed by atoms with Gasteiger partial charge in [-0.25, -0.2) is 18.0 Å². The van der Waals surface area contributed by atoms with Crippen molar-refractivity contribution >= 4 is 21.9 Å². The normalized spacial score (nSPS) is 10.6. The van der Waals surface area contributed by atoms with Gasteiger partial charge in [0.25, 0.3) is 6.43 Å². The first-order chi connectivity index (χ1) is 6.45. The average Bonchev–Trinajstić information content (AvgIpc) is 2.08. The van der Waals surface area contributed by atoms with E-state index in [2.05, 4.69) is 20.9 Å². The predicted octanol–water partition coefficient (Wildman–Crippen LogP) is 2.62. The Kier molecular flexibility index (Phi) is 3.10. The molecule has 76 valence electrons. The number of hydrogen-bond donors (Lipinski definition) is 1. The van der Waals surface area contributed by atoms with E-state index in [4.69, 9.17) is 5.11 Å². The van der Waals surface area contributed by atoms with Gasteiger partial charge in [-0.1, -0.05) is 0 Å². The molecule has 0 unspecified atom stereocenters. The lowest BCUT2D eigenvalue weighted by Gasteiger charge is -2.04. The molecule has 1 aromatic rings. The van der Waals surface area contributed by atoms with Crippen molar-refractivity contribution in [2.24, 2.45) is 0 Å². The van der Waals surface area contributed by atoms with Crippen LogP contribution in [0, 0.1) is 5.82 Å². The predicted molar refractivity (Wildman–Crippen MR) is 43.8 cm³/mol. The molecule has 14 heavy (non-hydrogen) atoms. The minimum atomic E-state index is -3.07. The van der Waals surface area contributed by atoms with Crippen molar-refractivity contribution in [3.05, 3.63) is 27.7 Å². The van der Waals surface area contributed by atoms with Crippen molar-refractivity contribution in [2.45, 2.75) is 6.43 Å². The van der Waals surface area contributed by atoms with E-state index in [1.165, 1.54) is 0 Å². The molecule has 0 spiro atoms. The molecule has 0 radical (unpaired) electrons. The highest BCUT2D eigenvalue weighted by atomic mass is 79.9. The van der Waals surface area contributed by atoms with E-state index >= 15 is 0 Å². The standard InChI is InChI=1S/C7H3BrF3NO2/c8-3-2(7(13)14)1-12-5(4(3)9)6(10)11/h1,6H,(H,13,14). The van der Waals surface area contributed by atoms with Gasteiger partial charge in [0.15, 0.2) is 5.82 Å². The van der Waals surface area contributed by atoms with E-state index in [0.29, 0.717) is 6.20 Å². The van der Waals surface area contributed by atoms with Crippen LogP contribution in [-0.4, -0.2) is 16.1 Å². The zero-order valence-corrected chi connectivity index (χ0v) is 8.06. The molecule has 0 aromatic carbocycles. The quantitative estimate of drug-likeness (QED) is 0.898. The van der Waals surface area contributed by atoms with Crippen molar-refractivity contribution in [3.63, 3.8) is 0 Å². The summed E-state index contributed by atoms with van der Waals surface area (Å²) in [4.78, 5) is 13.5. The maximum atomic E-state index is 13.0. The van der Waals surface area contributed by atoms with Crippen LogP contribution in [0.5, 0.6) is 0 Å². The van der Waals surface area contributed by atoms with Crippen LogP contribution < -0.4 is 0 Å². The van der Waals surface area contributed by atoms with Crippen LogP contribution in [0.1, 0.15) is 22.5 Å². The van der Waals surface area contributed by atoms with Crippen LogP contribution in [-0.2, 0) is 0 Å². The SMILES string of the molecule is O=C(O)c1cnc(C(F)F)c(F)c1Br. The second-order valence-electron chi connectivity index (χ2n) is 2.29. The van der Waals surface area contributed by atoms with Crippen molar-refractivity contribution in [2.75, 3.05) is 0 Å². The summed E-state index contributed by atoms with van der Waals surface area (Å²) in [7, 11) is 0. The molecule has 0 amide bonds. The van der Waals surface area contributed by atoms with Crippen LogP contribution in [0.25, 0.3) is 0 Å². The maximum absolute atomic E-state index is 13.0. The Labute approximate surface area is 84.7 Å². The molecule has 0 atom stereocenters. The van der Waals surface area contributed by atoms with Gasteiger partial charge in [0, 0.05) is 6.20 Å². The minimum absolute atomic E-state index is 0.494. The molecule has 0 aliphatic rings. The molecule has 7 heteroatoms. The van der Waals surface area contributed by atoms with Gasteiger partial charge in [-0.15, -0.1) is 0 Å². The Morgan fingerprint density at radius 2 is 2.14 bits per heavy atom. The molecule has 0 aliphatic carbocycles. The molecule has 1 heterocycles. The van der Waals surface area contributed by atoms with Gasteiger partial charge in [-0.3, -0.25) is 4.98 Å². The van der Waals surface area contributed by atoms with Crippen molar-refractivity contribution < 1.29 is 23.1 Å². The third-order valence-electron chi connectivity index (χ3n) is 1.42. The molecular weight excluding hydrogens is 267 g/mol. The highest BCUT2D eigenvalue weighted by Crippen LogP contribution is 2.27. The van der Waals surface area contributed by atoms with E-state index < -0.39 is 33.9 Å². The monoisotopic (exact) mass is 269 g/mol. The fraction of sp³-hybridized carbons (Fsp3) is 0.143. The Balaban J connectivity index is 3.33. The van der Waals surface area contributed by atoms with E-state index in [0.717, 1.165) is 0 Å². The lowest BCUT2D eigenvalue weighted by Crippen LogP contribution is -2.05. The average molecular weight is 270 g/mol. The first-order valence-corrected chi connectivity index (χ1v) is 4.09. The zero-order valence-electron chi connectivity index (χ0n) is 6.47. The van der Waals surface area contributed by atoms with Gasteiger partial charge in [0.2, 0.25) is 0 Å². The second-order valence-corrected chi connectivity index (χ2v) is 3.08.